The largest absolute Gasteiger partial charge is 0.458 e. The van der Waals surface area contributed by atoms with Crippen LogP contribution >= 0.6 is 0 Å². The zero-order valence-electron chi connectivity index (χ0n) is 16.3. The first-order chi connectivity index (χ1) is 11.7. The molecule has 0 saturated heterocycles. The molecule has 0 aromatic carbocycles. The third-order valence-corrected chi connectivity index (χ3v) is 8.95. The highest BCUT2D eigenvalue weighted by atomic mass is 16.5. The Kier molecular flexibility index (Phi) is 3.92. The number of fused-ring (bicyclic) bond motifs is 5. The number of carbonyl (C=O) groups is 1. The summed E-state index contributed by atoms with van der Waals surface area (Å²) in [4.78, 5) is 11.3. The van der Waals surface area contributed by atoms with Crippen LogP contribution in [0.3, 0.4) is 0 Å². The number of allylic oxidation sites excluding steroid dienone is 1. The molecule has 0 radical (unpaired) electrons. The van der Waals surface area contributed by atoms with Gasteiger partial charge in [-0.3, -0.25) is 4.79 Å². The first-order valence-corrected chi connectivity index (χ1v) is 10.3. The number of hydrogen-bond donors (Lipinski definition) is 1. The van der Waals surface area contributed by atoms with Gasteiger partial charge in [0.05, 0.1) is 5.60 Å². The van der Waals surface area contributed by atoms with Gasteiger partial charge in [0, 0.05) is 6.92 Å². The lowest BCUT2D eigenvalue weighted by Crippen LogP contribution is -2.54. The Bertz CT molecular complexity index is 606. The van der Waals surface area contributed by atoms with Gasteiger partial charge < -0.3 is 9.84 Å². The minimum Gasteiger partial charge on any atom is -0.458 e. The van der Waals surface area contributed by atoms with Crippen molar-refractivity contribution in [3.05, 3.63) is 11.6 Å². The van der Waals surface area contributed by atoms with E-state index < -0.39 is 5.60 Å². The summed E-state index contributed by atoms with van der Waals surface area (Å²) in [6, 6.07) is 0. The fourth-order valence-electron chi connectivity index (χ4n) is 7.25. The number of hydrogen-bond acceptors (Lipinski definition) is 3. The zero-order valence-corrected chi connectivity index (χ0v) is 16.3. The average molecular weight is 347 g/mol. The third-order valence-electron chi connectivity index (χ3n) is 8.95. The molecule has 3 heteroatoms. The van der Waals surface area contributed by atoms with Crippen LogP contribution in [0.25, 0.3) is 0 Å². The standard InChI is InChI=1S/C22H34O3/c1-14(23)25-16-7-10-20(2)15(13-16)5-6-17-18(20)8-11-21(3)19(17)9-12-22(21,4)24/h13,16-19,24H,5-12H2,1-4H3/t16?,17-,18+,19+,20+,21+,22-/m1/s1. The summed E-state index contributed by atoms with van der Waals surface area (Å²) in [6.45, 7) is 8.41. The molecule has 1 unspecified atom stereocenters. The molecule has 0 amide bonds. The Morgan fingerprint density at radius 1 is 1.08 bits per heavy atom. The van der Waals surface area contributed by atoms with E-state index in [9.17, 15) is 9.90 Å². The van der Waals surface area contributed by atoms with Crippen molar-refractivity contribution in [1.29, 1.82) is 0 Å². The molecule has 7 atom stereocenters. The van der Waals surface area contributed by atoms with E-state index in [1.54, 1.807) is 5.57 Å². The maximum atomic E-state index is 11.3. The molecule has 3 saturated carbocycles. The monoisotopic (exact) mass is 346 g/mol. The van der Waals surface area contributed by atoms with Gasteiger partial charge in [0.25, 0.3) is 0 Å². The molecule has 4 rings (SSSR count). The van der Waals surface area contributed by atoms with Crippen LogP contribution in [-0.2, 0) is 9.53 Å². The van der Waals surface area contributed by atoms with E-state index in [1.165, 1.54) is 26.2 Å². The molecule has 4 aliphatic carbocycles. The highest BCUT2D eigenvalue weighted by molar-refractivity contribution is 5.66. The van der Waals surface area contributed by atoms with Crippen molar-refractivity contribution >= 4 is 5.97 Å². The van der Waals surface area contributed by atoms with E-state index in [4.69, 9.17) is 4.74 Å². The van der Waals surface area contributed by atoms with Gasteiger partial charge in [-0.25, -0.2) is 0 Å². The summed E-state index contributed by atoms with van der Waals surface area (Å²) in [7, 11) is 0. The number of rotatable bonds is 1. The van der Waals surface area contributed by atoms with Crippen LogP contribution in [-0.4, -0.2) is 22.8 Å². The van der Waals surface area contributed by atoms with Gasteiger partial charge in [-0.2, -0.15) is 0 Å². The minimum absolute atomic E-state index is 0.0156. The molecule has 3 fully saturated rings. The van der Waals surface area contributed by atoms with Gasteiger partial charge in [-0.15, -0.1) is 0 Å². The second-order valence-electron chi connectivity index (χ2n) is 9.98. The summed E-state index contributed by atoms with van der Waals surface area (Å²) in [5.74, 6) is 1.99. The number of carbonyl (C=O) groups excluding carboxylic acids is 1. The fraction of sp³-hybridized carbons (Fsp3) is 0.864. The molecule has 0 bridgehead atoms. The van der Waals surface area contributed by atoms with Crippen molar-refractivity contribution in [2.45, 2.75) is 90.8 Å². The maximum Gasteiger partial charge on any atom is 0.303 e. The molecule has 3 nitrogen and oxygen atoms in total. The summed E-state index contributed by atoms with van der Waals surface area (Å²) in [6.07, 6.45) is 11.3. The number of esters is 1. The van der Waals surface area contributed by atoms with Crippen LogP contribution in [0.15, 0.2) is 11.6 Å². The second-order valence-corrected chi connectivity index (χ2v) is 9.98. The molecule has 0 aromatic heterocycles. The Morgan fingerprint density at radius 3 is 2.52 bits per heavy atom. The zero-order chi connectivity index (χ0) is 18.0. The van der Waals surface area contributed by atoms with Crippen LogP contribution in [0, 0.1) is 28.6 Å². The van der Waals surface area contributed by atoms with Gasteiger partial charge in [0.1, 0.15) is 6.10 Å². The molecule has 0 aliphatic heterocycles. The van der Waals surface area contributed by atoms with Crippen LogP contribution in [0.1, 0.15) is 79.1 Å². The Hall–Kier alpha value is -0.830. The summed E-state index contributed by atoms with van der Waals surface area (Å²) < 4.78 is 5.49. The molecular formula is C22H34O3. The predicted octanol–water partition coefficient (Wildman–Crippen LogP) is 4.63. The van der Waals surface area contributed by atoms with Gasteiger partial charge >= 0.3 is 5.97 Å². The van der Waals surface area contributed by atoms with E-state index in [2.05, 4.69) is 26.8 Å². The van der Waals surface area contributed by atoms with Gasteiger partial charge in [-0.1, -0.05) is 19.4 Å². The summed E-state index contributed by atoms with van der Waals surface area (Å²) >= 11 is 0. The Balaban J connectivity index is 1.61. The molecule has 25 heavy (non-hydrogen) atoms. The van der Waals surface area contributed by atoms with Gasteiger partial charge in [-0.05, 0) is 93.0 Å². The van der Waals surface area contributed by atoms with E-state index >= 15 is 0 Å². The normalized spacial score (nSPS) is 51.8. The third kappa shape index (κ3) is 2.44. The van der Waals surface area contributed by atoms with Crippen molar-refractivity contribution < 1.29 is 14.6 Å². The molecule has 140 valence electrons. The molecule has 0 spiro atoms. The van der Waals surface area contributed by atoms with Crippen molar-refractivity contribution in [3.8, 4) is 0 Å². The predicted molar refractivity (Wildman–Crippen MR) is 97.9 cm³/mol. The van der Waals surface area contributed by atoms with Gasteiger partial charge in [0.15, 0.2) is 0 Å². The Morgan fingerprint density at radius 2 is 1.80 bits per heavy atom. The first-order valence-electron chi connectivity index (χ1n) is 10.3. The molecule has 1 N–H and O–H groups in total. The van der Waals surface area contributed by atoms with E-state index in [-0.39, 0.29) is 22.9 Å². The highest BCUT2D eigenvalue weighted by Gasteiger charge is 2.62. The number of aliphatic hydroxyl groups is 1. The van der Waals surface area contributed by atoms with Crippen LogP contribution in [0.2, 0.25) is 0 Å². The molecule has 0 heterocycles. The van der Waals surface area contributed by atoms with Crippen molar-refractivity contribution in [3.63, 3.8) is 0 Å². The SMILES string of the molecule is CC(=O)OC1C=C2CC[C@@H]3[C@H](CC[C@@]4(C)[C@H]3CC[C@@]4(C)O)[C@@]2(C)CC1. The topological polar surface area (TPSA) is 46.5 Å². The molecule has 4 aliphatic rings. The van der Waals surface area contributed by atoms with E-state index in [0.717, 1.165) is 43.9 Å². The minimum atomic E-state index is -0.493. The second kappa shape index (κ2) is 5.58. The van der Waals surface area contributed by atoms with Gasteiger partial charge in [0.2, 0.25) is 0 Å². The van der Waals surface area contributed by atoms with E-state index in [1.807, 2.05) is 0 Å². The first kappa shape index (κ1) is 17.6. The quantitative estimate of drug-likeness (QED) is 0.556. The average Bonchev–Trinajstić information content (AvgIpc) is 2.77. The van der Waals surface area contributed by atoms with Crippen LogP contribution in [0.4, 0.5) is 0 Å². The van der Waals surface area contributed by atoms with Crippen molar-refractivity contribution in [2.24, 2.45) is 28.6 Å². The van der Waals surface area contributed by atoms with E-state index in [0.29, 0.717) is 5.92 Å². The summed E-state index contributed by atoms with van der Waals surface area (Å²) in [5.41, 5.74) is 1.42. The van der Waals surface area contributed by atoms with Crippen molar-refractivity contribution in [2.75, 3.05) is 0 Å². The summed E-state index contributed by atoms with van der Waals surface area (Å²) in [5, 5.41) is 11.0. The fourth-order valence-corrected chi connectivity index (χ4v) is 7.25. The maximum absolute atomic E-state index is 11.3. The molecule has 0 aromatic rings. The highest BCUT2D eigenvalue weighted by Crippen LogP contribution is 2.67. The lowest BCUT2D eigenvalue weighted by molar-refractivity contribution is -0.146. The lowest BCUT2D eigenvalue weighted by Gasteiger charge is -2.59. The smallest absolute Gasteiger partial charge is 0.303 e. The van der Waals surface area contributed by atoms with Crippen LogP contribution < -0.4 is 0 Å². The Labute approximate surface area is 152 Å². The number of ether oxygens (including phenoxy) is 1. The lowest BCUT2D eigenvalue weighted by atomic mass is 9.46. The van der Waals surface area contributed by atoms with Crippen LogP contribution in [0.5, 0.6) is 0 Å². The van der Waals surface area contributed by atoms with Crippen molar-refractivity contribution in [1.82, 2.24) is 0 Å². The molecular weight excluding hydrogens is 312 g/mol.